The normalized spacial score (nSPS) is 11.3. The van der Waals surface area contributed by atoms with E-state index in [0.29, 0.717) is 16.8 Å². The van der Waals surface area contributed by atoms with Gasteiger partial charge in [0.05, 0.1) is 12.5 Å². The van der Waals surface area contributed by atoms with E-state index < -0.39 is 6.04 Å². The minimum Gasteiger partial charge on any atom is -0.345 e. The standard InChI is InChI=1S/C24H22N2O3/c1-17(27)18-12-14-21(15-13-18)25-23(28)16-22(19-8-4-2-5-9-19)26-24(29)20-10-6-3-7-11-20/h2-15,22H,16H2,1H3,(H,25,28)(H,26,29). The number of anilines is 1. The summed E-state index contributed by atoms with van der Waals surface area (Å²) in [5, 5.41) is 5.77. The number of ketones is 1. The Morgan fingerprint density at radius 1 is 0.759 bits per heavy atom. The third-order valence-corrected chi connectivity index (χ3v) is 4.51. The molecule has 0 bridgehead atoms. The van der Waals surface area contributed by atoms with Crippen molar-refractivity contribution in [2.45, 2.75) is 19.4 Å². The lowest BCUT2D eigenvalue weighted by atomic mass is 10.0. The lowest BCUT2D eigenvalue weighted by molar-refractivity contribution is -0.116. The molecule has 0 aliphatic heterocycles. The molecule has 0 aliphatic rings. The maximum absolute atomic E-state index is 12.6. The molecular weight excluding hydrogens is 364 g/mol. The van der Waals surface area contributed by atoms with Crippen LogP contribution < -0.4 is 10.6 Å². The van der Waals surface area contributed by atoms with Crippen molar-refractivity contribution in [3.05, 3.63) is 102 Å². The van der Waals surface area contributed by atoms with E-state index in [4.69, 9.17) is 0 Å². The second kappa shape index (κ2) is 9.46. The second-order valence-corrected chi connectivity index (χ2v) is 6.69. The lowest BCUT2D eigenvalue weighted by Gasteiger charge is -2.19. The Kier molecular flexibility index (Phi) is 6.53. The maximum atomic E-state index is 12.6. The van der Waals surface area contributed by atoms with Crippen LogP contribution in [0.3, 0.4) is 0 Å². The van der Waals surface area contributed by atoms with Crippen molar-refractivity contribution >= 4 is 23.3 Å². The summed E-state index contributed by atoms with van der Waals surface area (Å²) in [4.78, 5) is 36.6. The third kappa shape index (κ3) is 5.62. The first-order valence-electron chi connectivity index (χ1n) is 9.34. The van der Waals surface area contributed by atoms with E-state index >= 15 is 0 Å². The number of hydrogen-bond donors (Lipinski definition) is 2. The molecule has 3 aromatic rings. The van der Waals surface area contributed by atoms with Crippen LogP contribution in [0.1, 0.15) is 45.7 Å². The summed E-state index contributed by atoms with van der Waals surface area (Å²) in [5.74, 6) is -0.503. The molecule has 146 valence electrons. The Morgan fingerprint density at radius 2 is 1.34 bits per heavy atom. The average Bonchev–Trinajstić information content (AvgIpc) is 2.75. The number of hydrogen-bond acceptors (Lipinski definition) is 3. The molecule has 29 heavy (non-hydrogen) atoms. The summed E-state index contributed by atoms with van der Waals surface area (Å²) in [7, 11) is 0. The van der Waals surface area contributed by atoms with Gasteiger partial charge in [0.25, 0.3) is 5.91 Å². The Labute approximate surface area is 169 Å². The van der Waals surface area contributed by atoms with Gasteiger partial charge < -0.3 is 10.6 Å². The summed E-state index contributed by atoms with van der Waals surface area (Å²) in [6, 6.07) is 24.5. The SMILES string of the molecule is CC(=O)c1ccc(NC(=O)CC(NC(=O)c2ccccc2)c2ccccc2)cc1. The fourth-order valence-electron chi connectivity index (χ4n) is 2.95. The molecule has 0 spiro atoms. The van der Waals surface area contributed by atoms with Crippen molar-refractivity contribution in [3.63, 3.8) is 0 Å². The Hall–Kier alpha value is -3.73. The third-order valence-electron chi connectivity index (χ3n) is 4.51. The molecule has 0 heterocycles. The highest BCUT2D eigenvalue weighted by molar-refractivity contribution is 5.97. The van der Waals surface area contributed by atoms with E-state index in [9.17, 15) is 14.4 Å². The van der Waals surface area contributed by atoms with Crippen LogP contribution in [0.4, 0.5) is 5.69 Å². The van der Waals surface area contributed by atoms with Crippen LogP contribution in [-0.4, -0.2) is 17.6 Å². The van der Waals surface area contributed by atoms with Crippen molar-refractivity contribution in [2.24, 2.45) is 0 Å². The maximum Gasteiger partial charge on any atom is 0.251 e. The number of Topliss-reactive ketones (excluding diaryl/α,β-unsaturated/α-hetero) is 1. The molecule has 5 heteroatoms. The molecule has 0 aliphatic carbocycles. The lowest BCUT2D eigenvalue weighted by Crippen LogP contribution is -2.31. The van der Waals surface area contributed by atoms with Crippen molar-refractivity contribution in [1.29, 1.82) is 0 Å². The van der Waals surface area contributed by atoms with Crippen LogP contribution in [0.2, 0.25) is 0 Å². The quantitative estimate of drug-likeness (QED) is 0.592. The first-order chi connectivity index (χ1) is 14.0. The summed E-state index contributed by atoms with van der Waals surface area (Å²) < 4.78 is 0. The second-order valence-electron chi connectivity index (χ2n) is 6.69. The fraction of sp³-hybridized carbons (Fsp3) is 0.125. The molecule has 0 saturated heterocycles. The van der Waals surface area contributed by atoms with Crippen molar-refractivity contribution in [3.8, 4) is 0 Å². The highest BCUT2D eigenvalue weighted by atomic mass is 16.2. The molecule has 2 N–H and O–H groups in total. The van der Waals surface area contributed by atoms with Gasteiger partial charge in [0.1, 0.15) is 0 Å². The Balaban J connectivity index is 1.71. The van der Waals surface area contributed by atoms with Crippen LogP contribution in [-0.2, 0) is 4.79 Å². The number of amides is 2. The zero-order chi connectivity index (χ0) is 20.6. The molecule has 0 fully saturated rings. The van der Waals surface area contributed by atoms with E-state index in [0.717, 1.165) is 5.56 Å². The van der Waals surface area contributed by atoms with E-state index in [1.54, 1.807) is 48.5 Å². The van der Waals surface area contributed by atoms with E-state index in [-0.39, 0.29) is 24.0 Å². The molecule has 2 amide bonds. The van der Waals surface area contributed by atoms with Gasteiger partial charge in [-0.1, -0.05) is 48.5 Å². The molecule has 1 atom stereocenters. The predicted molar refractivity (Wildman–Crippen MR) is 113 cm³/mol. The zero-order valence-electron chi connectivity index (χ0n) is 16.1. The molecule has 0 radical (unpaired) electrons. The number of nitrogens with one attached hydrogen (secondary N) is 2. The summed E-state index contributed by atoms with van der Waals surface area (Å²) in [6.45, 7) is 1.49. The molecule has 3 aromatic carbocycles. The zero-order valence-corrected chi connectivity index (χ0v) is 16.1. The largest absolute Gasteiger partial charge is 0.345 e. The number of carbonyl (C=O) groups is 3. The van der Waals surface area contributed by atoms with Gasteiger partial charge in [-0.3, -0.25) is 14.4 Å². The fourth-order valence-corrected chi connectivity index (χ4v) is 2.95. The van der Waals surface area contributed by atoms with Crippen molar-refractivity contribution < 1.29 is 14.4 Å². The minimum absolute atomic E-state index is 0.0318. The van der Waals surface area contributed by atoms with Gasteiger partial charge >= 0.3 is 0 Å². The minimum atomic E-state index is -0.472. The van der Waals surface area contributed by atoms with Crippen LogP contribution in [0.25, 0.3) is 0 Å². The predicted octanol–water partition coefficient (Wildman–Crippen LogP) is 4.39. The Bertz CT molecular complexity index is 984. The van der Waals surface area contributed by atoms with Crippen molar-refractivity contribution in [2.75, 3.05) is 5.32 Å². The van der Waals surface area contributed by atoms with Gasteiger partial charge in [-0.05, 0) is 48.9 Å². The summed E-state index contributed by atoms with van der Waals surface area (Å²) in [6.07, 6.45) is 0.0804. The molecule has 3 rings (SSSR count). The van der Waals surface area contributed by atoms with Crippen molar-refractivity contribution in [1.82, 2.24) is 5.32 Å². The molecule has 1 unspecified atom stereocenters. The number of rotatable bonds is 7. The van der Waals surface area contributed by atoms with Crippen LogP contribution >= 0.6 is 0 Å². The Morgan fingerprint density at radius 3 is 1.93 bits per heavy atom. The topological polar surface area (TPSA) is 75.3 Å². The highest BCUT2D eigenvalue weighted by Crippen LogP contribution is 2.19. The number of carbonyl (C=O) groups excluding carboxylic acids is 3. The summed E-state index contributed by atoms with van der Waals surface area (Å²) in [5.41, 5.74) is 2.56. The van der Waals surface area contributed by atoms with E-state index in [2.05, 4.69) is 10.6 Å². The van der Waals surface area contributed by atoms with Crippen LogP contribution in [0.5, 0.6) is 0 Å². The van der Waals surface area contributed by atoms with Gasteiger partial charge in [-0.25, -0.2) is 0 Å². The molecule has 0 saturated carbocycles. The first kappa shape index (κ1) is 20.0. The van der Waals surface area contributed by atoms with E-state index in [1.807, 2.05) is 36.4 Å². The van der Waals surface area contributed by atoms with Gasteiger partial charge in [0.15, 0.2) is 5.78 Å². The number of benzene rings is 3. The van der Waals surface area contributed by atoms with Gasteiger partial charge in [-0.15, -0.1) is 0 Å². The molecule has 5 nitrogen and oxygen atoms in total. The first-order valence-corrected chi connectivity index (χ1v) is 9.34. The highest BCUT2D eigenvalue weighted by Gasteiger charge is 2.19. The average molecular weight is 386 g/mol. The smallest absolute Gasteiger partial charge is 0.251 e. The summed E-state index contributed by atoms with van der Waals surface area (Å²) >= 11 is 0. The monoisotopic (exact) mass is 386 g/mol. The van der Waals surface area contributed by atoms with Crippen LogP contribution in [0, 0.1) is 0 Å². The molecular formula is C24H22N2O3. The van der Waals surface area contributed by atoms with Gasteiger partial charge in [0, 0.05) is 16.8 Å². The molecule has 0 aromatic heterocycles. The van der Waals surface area contributed by atoms with Gasteiger partial charge in [0.2, 0.25) is 5.91 Å². The van der Waals surface area contributed by atoms with E-state index in [1.165, 1.54) is 6.92 Å². The van der Waals surface area contributed by atoms with Crippen LogP contribution in [0.15, 0.2) is 84.9 Å². The van der Waals surface area contributed by atoms with Gasteiger partial charge in [-0.2, -0.15) is 0 Å².